The Morgan fingerprint density at radius 1 is 1.05 bits per heavy atom. The predicted octanol–water partition coefficient (Wildman–Crippen LogP) is 1.23. The lowest BCUT2D eigenvalue weighted by atomic mass is 10.1. The lowest BCUT2D eigenvalue weighted by Crippen LogP contribution is -2.37. The van der Waals surface area contributed by atoms with E-state index in [1.54, 1.807) is 19.0 Å². The summed E-state index contributed by atoms with van der Waals surface area (Å²) in [4.78, 5) is 24.9. The number of amides is 2. The van der Waals surface area contributed by atoms with E-state index in [9.17, 15) is 9.59 Å². The van der Waals surface area contributed by atoms with E-state index in [4.69, 9.17) is 0 Å². The fraction of sp³-hybridized carbons (Fsp3) is 0.467. The Morgan fingerprint density at radius 2 is 1.55 bits per heavy atom. The first-order valence-electron chi connectivity index (χ1n) is 6.60. The number of carbonyl (C=O) groups excluding carboxylic acids is 2. The van der Waals surface area contributed by atoms with Gasteiger partial charge < -0.3 is 10.6 Å². The lowest BCUT2D eigenvalue weighted by molar-refractivity contribution is -0.122. The average Bonchev–Trinajstić information content (AvgIpc) is 2.33. The predicted molar refractivity (Wildman–Crippen MR) is 80.8 cm³/mol. The Bertz CT molecular complexity index is 489. The Hall–Kier alpha value is -1.88. The summed E-state index contributed by atoms with van der Waals surface area (Å²) in [5.74, 6) is -0.227. The second-order valence-electron chi connectivity index (χ2n) is 5.17. The summed E-state index contributed by atoms with van der Waals surface area (Å²) in [7, 11) is 3.32. The summed E-state index contributed by atoms with van der Waals surface area (Å²) in [6.07, 6.45) is 0. The zero-order valence-corrected chi connectivity index (χ0v) is 12.8. The van der Waals surface area contributed by atoms with E-state index in [0.717, 1.165) is 16.8 Å². The molecule has 1 aromatic rings. The van der Waals surface area contributed by atoms with Crippen molar-refractivity contribution in [3.05, 3.63) is 28.8 Å². The van der Waals surface area contributed by atoms with E-state index >= 15 is 0 Å². The van der Waals surface area contributed by atoms with Crippen LogP contribution in [0.15, 0.2) is 12.1 Å². The molecule has 0 spiro atoms. The highest BCUT2D eigenvalue weighted by Gasteiger charge is 2.12. The van der Waals surface area contributed by atoms with Crippen LogP contribution in [0.4, 0.5) is 5.69 Å². The summed E-state index contributed by atoms with van der Waals surface area (Å²) in [6.45, 7) is 6.37. The van der Waals surface area contributed by atoms with Crippen LogP contribution >= 0.6 is 0 Å². The maximum Gasteiger partial charge on any atom is 0.238 e. The molecule has 0 atom stereocenters. The van der Waals surface area contributed by atoms with Crippen LogP contribution in [0, 0.1) is 20.8 Å². The third-order valence-electron chi connectivity index (χ3n) is 3.05. The molecule has 5 heteroatoms. The van der Waals surface area contributed by atoms with Crippen molar-refractivity contribution in [2.75, 3.05) is 32.5 Å². The van der Waals surface area contributed by atoms with Crippen LogP contribution in [0.25, 0.3) is 0 Å². The van der Waals surface area contributed by atoms with Gasteiger partial charge in [-0.1, -0.05) is 17.7 Å². The van der Waals surface area contributed by atoms with E-state index in [1.165, 1.54) is 5.56 Å². The van der Waals surface area contributed by atoms with Crippen LogP contribution in [0.1, 0.15) is 16.7 Å². The fourth-order valence-corrected chi connectivity index (χ4v) is 2.18. The highest BCUT2D eigenvalue weighted by atomic mass is 16.2. The van der Waals surface area contributed by atoms with Gasteiger partial charge in [0.25, 0.3) is 0 Å². The quantitative estimate of drug-likeness (QED) is 0.851. The van der Waals surface area contributed by atoms with Gasteiger partial charge in [0.2, 0.25) is 11.8 Å². The number of aryl methyl sites for hydroxylation is 3. The highest BCUT2D eigenvalue weighted by molar-refractivity contribution is 5.94. The molecule has 0 saturated heterocycles. The van der Waals surface area contributed by atoms with E-state index in [2.05, 4.69) is 10.6 Å². The minimum Gasteiger partial charge on any atom is -0.358 e. The number of anilines is 1. The smallest absolute Gasteiger partial charge is 0.238 e. The molecule has 0 fully saturated rings. The van der Waals surface area contributed by atoms with Gasteiger partial charge in [-0.25, -0.2) is 0 Å². The van der Waals surface area contributed by atoms with Crippen LogP contribution in [-0.2, 0) is 9.59 Å². The van der Waals surface area contributed by atoms with Gasteiger partial charge in [-0.15, -0.1) is 0 Å². The van der Waals surface area contributed by atoms with Crippen molar-refractivity contribution in [1.29, 1.82) is 0 Å². The van der Waals surface area contributed by atoms with Gasteiger partial charge in [0, 0.05) is 12.7 Å². The first-order valence-corrected chi connectivity index (χ1v) is 6.60. The number of benzene rings is 1. The maximum absolute atomic E-state index is 12.0. The zero-order chi connectivity index (χ0) is 15.3. The van der Waals surface area contributed by atoms with Crippen molar-refractivity contribution >= 4 is 17.5 Å². The van der Waals surface area contributed by atoms with Crippen molar-refractivity contribution < 1.29 is 9.59 Å². The molecule has 0 radical (unpaired) electrons. The third-order valence-corrected chi connectivity index (χ3v) is 3.05. The molecule has 20 heavy (non-hydrogen) atoms. The third kappa shape index (κ3) is 4.66. The molecule has 0 heterocycles. The SMILES string of the molecule is CNC(=O)CN(C)CC(=O)Nc1c(C)cc(C)cc1C. The minimum atomic E-state index is -0.119. The van der Waals surface area contributed by atoms with E-state index in [-0.39, 0.29) is 24.9 Å². The number of hydrogen-bond donors (Lipinski definition) is 2. The Labute approximate surface area is 120 Å². The summed E-state index contributed by atoms with van der Waals surface area (Å²) in [6, 6.07) is 4.08. The van der Waals surface area contributed by atoms with Crippen molar-refractivity contribution in [3.8, 4) is 0 Å². The largest absolute Gasteiger partial charge is 0.358 e. The topological polar surface area (TPSA) is 61.4 Å². The van der Waals surface area contributed by atoms with Gasteiger partial charge in [0.15, 0.2) is 0 Å². The Morgan fingerprint density at radius 3 is 2.05 bits per heavy atom. The first-order chi connectivity index (χ1) is 9.33. The summed E-state index contributed by atoms with van der Waals surface area (Å²) in [5.41, 5.74) is 4.12. The normalized spacial score (nSPS) is 10.5. The minimum absolute atomic E-state index is 0.108. The molecular weight excluding hydrogens is 254 g/mol. The number of nitrogens with one attached hydrogen (secondary N) is 2. The number of rotatable bonds is 5. The first kappa shape index (κ1) is 16.2. The van der Waals surface area contributed by atoms with Crippen molar-refractivity contribution in [1.82, 2.24) is 10.2 Å². The molecule has 0 aliphatic carbocycles. The number of nitrogens with zero attached hydrogens (tertiary/aromatic N) is 1. The maximum atomic E-state index is 12.0. The Kier molecular flexibility index (Phi) is 5.70. The van der Waals surface area contributed by atoms with E-state index in [1.807, 2.05) is 32.9 Å². The zero-order valence-electron chi connectivity index (χ0n) is 12.8. The van der Waals surface area contributed by atoms with Crippen molar-refractivity contribution in [2.45, 2.75) is 20.8 Å². The molecule has 110 valence electrons. The molecule has 0 saturated carbocycles. The number of hydrogen-bond acceptors (Lipinski definition) is 3. The molecule has 0 bridgehead atoms. The van der Waals surface area contributed by atoms with Gasteiger partial charge in [0.05, 0.1) is 13.1 Å². The summed E-state index contributed by atoms with van der Waals surface area (Å²) >= 11 is 0. The van der Waals surface area contributed by atoms with Gasteiger partial charge in [0.1, 0.15) is 0 Å². The molecule has 2 N–H and O–H groups in total. The van der Waals surface area contributed by atoms with Crippen molar-refractivity contribution in [2.24, 2.45) is 0 Å². The standard InChI is InChI=1S/C15H23N3O2/c1-10-6-11(2)15(12(3)7-10)17-14(20)9-18(5)8-13(19)16-4/h6-7H,8-9H2,1-5H3,(H,16,19)(H,17,20). The lowest BCUT2D eigenvalue weighted by Gasteiger charge is -2.17. The average molecular weight is 277 g/mol. The second kappa shape index (κ2) is 7.05. The van der Waals surface area contributed by atoms with Crippen LogP contribution < -0.4 is 10.6 Å². The molecular formula is C15H23N3O2. The summed E-state index contributed by atoms with van der Waals surface area (Å²) < 4.78 is 0. The number of likely N-dealkylation sites (N-methyl/N-ethyl adjacent to an activating group) is 2. The highest BCUT2D eigenvalue weighted by Crippen LogP contribution is 2.21. The van der Waals surface area contributed by atoms with Gasteiger partial charge >= 0.3 is 0 Å². The van der Waals surface area contributed by atoms with Crippen LogP contribution in [0.3, 0.4) is 0 Å². The monoisotopic (exact) mass is 277 g/mol. The molecule has 0 aromatic heterocycles. The summed E-state index contributed by atoms with van der Waals surface area (Å²) in [5, 5.41) is 5.45. The van der Waals surface area contributed by atoms with Crippen LogP contribution in [-0.4, -0.2) is 43.9 Å². The van der Waals surface area contributed by atoms with Gasteiger partial charge in [-0.3, -0.25) is 14.5 Å². The fourth-order valence-electron chi connectivity index (χ4n) is 2.18. The molecule has 2 amide bonds. The van der Waals surface area contributed by atoms with Crippen LogP contribution in [0.2, 0.25) is 0 Å². The van der Waals surface area contributed by atoms with Crippen LogP contribution in [0.5, 0.6) is 0 Å². The van der Waals surface area contributed by atoms with Gasteiger partial charge in [-0.2, -0.15) is 0 Å². The second-order valence-corrected chi connectivity index (χ2v) is 5.17. The molecule has 5 nitrogen and oxygen atoms in total. The van der Waals surface area contributed by atoms with Crippen molar-refractivity contribution in [3.63, 3.8) is 0 Å². The molecule has 0 unspecified atom stereocenters. The van der Waals surface area contributed by atoms with E-state index in [0.29, 0.717) is 0 Å². The molecule has 1 rings (SSSR count). The molecule has 0 aliphatic heterocycles. The van der Waals surface area contributed by atoms with Gasteiger partial charge in [-0.05, 0) is 38.9 Å². The molecule has 0 aliphatic rings. The Balaban J connectivity index is 2.65. The number of carbonyl (C=O) groups is 2. The van der Waals surface area contributed by atoms with E-state index < -0.39 is 0 Å². The molecule has 1 aromatic carbocycles.